The van der Waals surface area contributed by atoms with Gasteiger partial charge < -0.3 is 14.2 Å². The van der Waals surface area contributed by atoms with Crippen molar-refractivity contribution in [3.05, 3.63) is 30.1 Å². The fraction of sp³-hybridized carbons (Fsp3) is 0.429. The molecule has 1 atom stereocenters. The lowest BCUT2D eigenvalue weighted by Gasteiger charge is -2.40. The van der Waals surface area contributed by atoms with Crippen LogP contribution >= 0.6 is 0 Å². The van der Waals surface area contributed by atoms with E-state index in [9.17, 15) is 4.79 Å². The Kier molecular flexibility index (Phi) is 2.98. The molecule has 1 aliphatic heterocycles. The van der Waals surface area contributed by atoms with Crippen molar-refractivity contribution in [2.45, 2.75) is 12.5 Å². The van der Waals surface area contributed by atoms with Crippen LogP contribution in [-0.2, 0) is 11.8 Å². The zero-order valence-corrected chi connectivity index (χ0v) is 11.2. The predicted molar refractivity (Wildman–Crippen MR) is 72.0 cm³/mol. The molecular weight excluding hydrogens is 242 g/mol. The van der Waals surface area contributed by atoms with Crippen LogP contribution in [0, 0.1) is 0 Å². The maximum absolute atomic E-state index is 12.4. The number of carbonyl (C=O) groups excluding carboxylic acids is 1. The standard InChI is InChI=1S/C14H17N3O2/c1-16-9-15-12-7-10(3-4-13(12)16)14(18)17-6-5-11(17)8-19-2/h3-4,7,9,11H,5-6,8H2,1-2H3. The van der Waals surface area contributed by atoms with Gasteiger partial charge in [0.15, 0.2) is 0 Å². The van der Waals surface area contributed by atoms with E-state index in [2.05, 4.69) is 4.98 Å². The number of methoxy groups -OCH3 is 1. The summed E-state index contributed by atoms with van der Waals surface area (Å²) < 4.78 is 7.07. The van der Waals surface area contributed by atoms with Crippen LogP contribution in [-0.4, -0.2) is 46.7 Å². The van der Waals surface area contributed by atoms with Gasteiger partial charge in [-0.05, 0) is 24.6 Å². The molecule has 1 aromatic heterocycles. The molecule has 0 spiro atoms. The number of aryl methyl sites for hydroxylation is 1. The smallest absolute Gasteiger partial charge is 0.254 e. The van der Waals surface area contributed by atoms with Crippen LogP contribution in [0.2, 0.25) is 0 Å². The number of rotatable bonds is 3. The Morgan fingerprint density at radius 2 is 2.37 bits per heavy atom. The van der Waals surface area contributed by atoms with Crippen LogP contribution in [0.3, 0.4) is 0 Å². The van der Waals surface area contributed by atoms with E-state index in [-0.39, 0.29) is 11.9 Å². The van der Waals surface area contributed by atoms with Crippen molar-refractivity contribution in [1.29, 1.82) is 0 Å². The van der Waals surface area contributed by atoms with E-state index in [0.717, 1.165) is 24.0 Å². The molecular formula is C14H17N3O2. The molecule has 0 N–H and O–H groups in total. The molecule has 0 radical (unpaired) electrons. The highest BCUT2D eigenvalue weighted by Crippen LogP contribution is 2.22. The zero-order chi connectivity index (χ0) is 13.4. The first-order chi connectivity index (χ1) is 9.20. The number of amides is 1. The minimum atomic E-state index is 0.0702. The molecule has 2 aromatic rings. The first kappa shape index (κ1) is 12.2. The highest BCUT2D eigenvalue weighted by atomic mass is 16.5. The lowest BCUT2D eigenvalue weighted by Crippen LogP contribution is -2.53. The second kappa shape index (κ2) is 4.66. The molecule has 0 bridgehead atoms. The number of benzene rings is 1. The largest absolute Gasteiger partial charge is 0.383 e. The van der Waals surface area contributed by atoms with E-state index in [1.165, 1.54) is 0 Å². The van der Waals surface area contributed by atoms with Gasteiger partial charge in [-0.3, -0.25) is 4.79 Å². The van der Waals surface area contributed by atoms with Gasteiger partial charge in [-0.15, -0.1) is 0 Å². The first-order valence-electron chi connectivity index (χ1n) is 6.41. The molecule has 1 aromatic carbocycles. The van der Waals surface area contributed by atoms with Crippen LogP contribution in [0.25, 0.3) is 11.0 Å². The van der Waals surface area contributed by atoms with Gasteiger partial charge in [0.1, 0.15) is 0 Å². The fourth-order valence-electron chi connectivity index (χ4n) is 2.51. The predicted octanol–water partition coefficient (Wildman–Crippen LogP) is 1.43. The van der Waals surface area contributed by atoms with Crippen LogP contribution in [0.5, 0.6) is 0 Å². The summed E-state index contributed by atoms with van der Waals surface area (Å²) in [6, 6.07) is 5.90. The summed E-state index contributed by atoms with van der Waals surface area (Å²) in [6.07, 6.45) is 2.78. The molecule has 19 heavy (non-hydrogen) atoms. The average Bonchev–Trinajstić information content (AvgIpc) is 2.76. The van der Waals surface area contributed by atoms with Gasteiger partial charge in [0.05, 0.1) is 30.0 Å². The Balaban J connectivity index is 1.85. The summed E-state index contributed by atoms with van der Waals surface area (Å²) in [7, 11) is 3.61. The number of nitrogens with zero attached hydrogens (tertiary/aromatic N) is 3. The lowest BCUT2D eigenvalue weighted by atomic mass is 10.0. The molecule has 5 nitrogen and oxygen atoms in total. The Morgan fingerprint density at radius 3 is 3.05 bits per heavy atom. The molecule has 0 aliphatic carbocycles. The normalized spacial score (nSPS) is 18.6. The van der Waals surface area contributed by atoms with Gasteiger partial charge in [0.25, 0.3) is 5.91 Å². The van der Waals surface area contributed by atoms with Gasteiger partial charge in [-0.2, -0.15) is 0 Å². The van der Waals surface area contributed by atoms with Crippen molar-refractivity contribution in [2.24, 2.45) is 7.05 Å². The van der Waals surface area contributed by atoms with Gasteiger partial charge >= 0.3 is 0 Å². The molecule has 1 unspecified atom stereocenters. The van der Waals surface area contributed by atoms with Crippen LogP contribution in [0.4, 0.5) is 0 Å². The van der Waals surface area contributed by atoms with Gasteiger partial charge in [0.2, 0.25) is 0 Å². The number of aromatic nitrogens is 2. The number of fused-ring (bicyclic) bond motifs is 1. The third-order valence-electron chi connectivity index (χ3n) is 3.74. The second-order valence-corrected chi connectivity index (χ2v) is 4.96. The van der Waals surface area contributed by atoms with Crippen molar-refractivity contribution in [3.8, 4) is 0 Å². The van der Waals surface area contributed by atoms with Crippen LogP contribution in [0.15, 0.2) is 24.5 Å². The van der Waals surface area contributed by atoms with Gasteiger partial charge in [-0.1, -0.05) is 0 Å². The summed E-state index contributed by atoms with van der Waals surface area (Å²) in [5.41, 5.74) is 2.60. The lowest BCUT2D eigenvalue weighted by molar-refractivity contribution is 0.0202. The Hall–Kier alpha value is -1.88. The van der Waals surface area contributed by atoms with Gasteiger partial charge in [0, 0.05) is 26.3 Å². The molecule has 1 fully saturated rings. The SMILES string of the molecule is COCC1CCN1C(=O)c1ccc2c(c1)ncn2C. The number of likely N-dealkylation sites (tertiary alicyclic amines) is 1. The topological polar surface area (TPSA) is 47.4 Å². The Morgan fingerprint density at radius 1 is 1.53 bits per heavy atom. The number of imidazole rings is 1. The van der Waals surface area contributed by atoms with E-state index in [4.69, 9.17) is 4.74 Å². The average molecular weight is 259 g/mol. The fourth-order valence-corrected chi connectivity index (χ4v) is 2.51. The second-order valence-electron chi connectivity index (χ2n) is 4.96. The summed E-state index contributed by atoms with van der Waals surface area (Å²) >= 11 is 0. The van der Waals surface area contributed by atoms with Crippen molar-refractivity contribution in [3.63, 3.8) is 0 Å². The van der Waals surface area contributed by atoms with E-state index in [1.807, 2.05) is 34.7 Å². The molecule has 0 saturated carbocycles. The maximum atomic E-state index is 12.4. The molecule has 5 heteroatoms. The highest BCUT2D eigenvalue weighted by molar-refractivity contribution is 5.98. The van der Waals surface area contributed by atoms with Crippen LogP contribution < -0.4 is 0 Å². The molecule has 3 rings (SSSR count). The molecule has 1 amide bonds. The molecule has 2 heterocycles. The first-order valence-corrected chi connectivity index (χ1v) is 6.41. The van der Waals surface area contributed by atoms with E-state index in [1.54, 1.807) is 13.4 Å². The summed E-state index contributed by atoms with van der Waals surface area (Å²) in [4.78, 5) is 18.6. The number of carbonyl (C=O) groups is 1. The van der Waals surface area contributed by atoms with Crippen molar-refractivity contribution in [1.82, 2.24) is 14.5 Å². The molecule has 100 valence electrons. The summed E-state index contributed by atoms with van der Waals surface area (Å²) in [5, 5.41) is 0. The maximum Gasteiger partial charge on any atom is 0.254 e. The minimum Gasteiger partial charge on any atom is -0.383 e. The quantitative estimate of drug-likeness (QED) is 0.838. The zero-order valence-electron chi connectivity index (χ0n) is 11.2. The Labute approximate surface area is 111 Å². The number of ether oxygens (including phenoxy) is 1. The van der Waals surface area contributed by atoms with Crippen LogP contribution in [0.1, 0.15) is 16.8 Å². The molecule has 1 aliphatic rings. The van der Waals surface area contributed by atoms with Crippen molar-refractivity contribution < 1.29 is 9.53 Å². The summed E-state index contributed by atoms with van der Waals surface area (Å²) in [6.45, 7) is 1.42. The third-order valence-corrected chi connectivity index (χ3v) is 3.74. The monoisotopic (exact) mass is 259 g/mol. The van der Waals surface area contributed by atoms with E-state index >= 15 is 0 Å². The van der Waals surface area contributed by atoms with Crippen molar-refractivity contribution in [2.75, 3.05) is 20.3 Å². The Bertz CT molecular complexity index is 620. The molecule has 1 saturated heterocycles. The number of hydrogen-bond acceptors (Lipinski definition) is 3. The van der Waals surface area contributed by atoms with E-state index in [0.29, 0.717) is 12.2 Å². The third kappa shape index (κ3) is 2.00. The number of hydrogen-bond donors (Lipinski definition) is 0. The van der Waals surface area contributed by atoms with Gasteiger partial charge in [-0.25, -0.2) is 4.98 Å². The summed E-state index contributed by atoms with van der Waals surface area (Å²) in [5.74, 6) is 0.0702. The highest BCUT2D eigenvalue weighted by Gasteiger charge is 2.32. The van der Waals surface area contributed by atoms with E-state index < -0.39 is 0 Å². The van der Waals surface area contributed by atoms with Crippen molar-refractivity contribution >= 4 is 16.9 Å². The minimum absolute atomic E-state index is 0.0702.